The predicted molar refractivity (Wildman–Crippen MR) is 70.3 cm³/mol. The molecule has 0 unspecified atom stereocenters. The van der Waals surface area contributed by atoms with Crippen LogP contribution in [0.5, 0.6) is 0 Å². The van der Waals surface area contributed by atoms with Crippen LogP contribution in [-0.4, -0.2) is 0 Å². The molecular formula is C12H20S2. The zero-order chi connectivity index (χ0) is 11.0. The van der Waals surface area contributed by atoms with Crippen LogP contribution in [0.1, 0.15) is 41.5 Å². The van der Waals surface area contributed by atoms with E-state index in [0.717, 1.165) is 0 Å². The molecule has 0 aromatic carbocycles. The highest BCUT2D eigenvalue weighted by molar-refractivity contribution is 8.12. The second-order valence-corrected chi connectivity index (χ2v) is 7.52. The summed E-state index contributed by atoms with van der Waals surface area (Å²) in [5, 5.41) is 4.62. The van der Waals surface area contributed by atoms with Gasteiger partial charge in [0.1, 0.15) is 0 Å². The molecule has 0 N–H and O–H groups in total. The third-order valence-electron chi connectivity index (χ3n) is 2.06. The third kappa shape index (κ3) is 3.09. The molecule has 80 valence electrons. The summed E-state index contributed by atoms with van der Waals surface area (Å²) in [4.78, 5) is 2.94. The van der Waals surface area contributed by atoms with Gasteiger partial charge in [0.15, 0.2) is 0 Å². The van der Waals surface area contributed by atoms with E-state index in [4.69, 9.17) is 0 Å². The fourth-order valence-electron chi connectivity index (χ4n) is 0.997. The van der Waals surface area contributed by atoms with Crippen molar-refractivity contribution in [2.45, 2.75) is 41.5 Å². The Bertz CT molecular complexity index is 242. The first-order chi connectivity index (χ1) is 6.21. The molecule has 1 heterocycles. The normalized spacial score (nSPS) is 19.0. The topological polar surface area (TPSA) is 0 Å². The van der Waals surface area contributed by atoms with Crippen molar-refractivity contribution >= 4 is 23.5 Å². The molecule has 2 heteroatoms. The molecule has 0 fully saturated rings. The van der Waals surface area contributed by atoms with Crippen molar-refractivity contribution in [3.63, 3.8) is 0 Å². The van der Waals surface area contributed by atoms with Crippen LogP contribution in [-0.2, 0) is 0 Å². The van der Waals surface area contributed by atoms with E-state index in [-0.39, 0.29) is 10.8 Å². The SMILES string of the molecule is CC(C)(C)C1=CSC(C(C)(C)C)=CS1. The van der Waals surface area contributed by atoms with Crippen molar-refractivity contribution in [2.75, 3.05) is 0 Å². The van der Waals surface area contributed by atoms with E-state index in [1.807, 2.05) is 23.5 Å². The average Bonchev–Trinajstić information content (AvgIpc) is 2.01. The maximum Gasteiger partial charge on any atom is 0.00119 e. The summed E-state index contributed by atoms with van der Waals surface area (Å²) in [6.07, 6.45) is 0. The molecule has 1 aliphatic rings. The minimum atomic E-state index is 0.289. The lowest BCUT2D eigenvalue weighted by Crippen LogP contribution is -2.10. The molecule has 0 aromatic heterocycles. The Hall–Kier alpha value is 0.180. The summed E-state index contributed by atoms with van der Waals surface area (Å²) in [6.45, 7) is 13.6. The summed E-state index contributed by atoms with van der Waals surface area (Å²) in [6, 6.07) is 0. The van der Waals surface area contributed by atoms with Gasteiger partial charge in [0, 0.05) is 9.81 Å². The zero-order valence-electron chi connectivity index (χ0n) is 9.97. The highest BCUT2D eigenvalue weighted by Crippen LogP contribution is 2.47. The fraction of sp³-hybridized carbons (Fsp3) is 0.667. The summed E-state index contributed by atoms with van der Waals surface area (Å²) >= 11 is 3.77. The van der Waals surface area contributed by atoms with E-state index in [2.05, 4.69) is 52.4 Å². The third-order valence-corrected chi connectivity index (χ3v) is 5.04. The second kappa shape index (κ2) is 3.97. The van der Waals surface area contributed by atoms with Gasteiger partial charge in [0.2, 0.25) is 0 Å². The largest absolute Gasteiger partial charge is 0.101 e. The quantitative estimate of drug-likeness (QED) is 0.556. The summed E-state index contributed by atoms with van der Waals surface area (Å²) < 4.78 is 0. The molecule has 1 rings (SSSR count). The maximum atomic E-state index is 2.31. The molecular weight excluding hydrogens is 208 g/mol. The van der Waals surface area contributed by atoms with Crippen LogP contribution in [0.15, 0.2) is 20.6 Å². The number of hydrogen-bond acceptors (Lipinski definition) is 2. The average molecular weight is 228 g/mol. The molecule has 0 atom stereocenters. The molecule has 0 spiro atoms. The van der Waals surface area contributed by atoms with Crippen molar-refractivity contribution < 1.29 is 0 Å². The highest BCUT2D eigenvalue weighted by Gasteiger charge is 2.24. The van der Waals surface area contributed by atoms with Crippen LogP contribution in [0.3, 0.4) is 0 Å². The van der Waals surface area contributed by atoms with Crippen LogP contribution >= 0.6 is 23.5 Å². The van der Waals surface area contributed by atoms with E-state index >= 15 is 0 Å². The summed E-state index contributed by atoms with van der Waals surface area (Å²) in [7, 11) is 0. The molecule has 1 aliphatic heterocycles. The van der Waals surface area contributed by atoms with Crippen LogP contribution in [0.4, 0.5) is 0 Å². The fourth-order valence-corrected chi connectivity index (χ4v) is 3.61. The Labute approximate surface area is 96.6 Å². The highest BCUT2D eigenvalue weighted by atomic mass is 32.2. The van der Waals surface area contributed by atoms with Crippen molar-refractivity contribution in [1.82, 2.24) is 0 Å². The molecule has 0 aromatic rings. The van der Waals surface area contributed by atoms with Crippen molar-refractivity contribution in [3.05, 3.63) is 20.6 Å². The van der Waals surface area contributed by atoms with Crippen molar-refractivity contribution in [3.8, 4) is 0 Å². The van der Waals surface area contributed by atoms with Gasteiger partial charge in [0.25, 0.3) is 0 Å². The van der Waals surface area contributed by atoms with Gasteiger partial charge < -0.3 is 0 Å². The van der Waals surface area contributed by atoms with Crippen LogP contribution in [0.2, 0.25) is 0 Å². The molecule has 0 saturated heterocycles. The maximum absolute atomic E-state index is 2.31. The van der Waals surface area contributed by atoms with E-state index in [9.17, 15) is 0 Å². The number of allylic oxidation sites excluding steroid dienone is 2. The molecule has 0 saturated carbocycles. The van der Waals surface area contributed by atoms with Crippen molar-refractivity contribution in [1.29, 1.82) is 0 Å². The van der Waals surface area contributed by atoms with E-state index in [1.54, 1.807) is 0 Å². The minimum Gasteiger partial charge on any atom is -0.101 e. The van der Waals surface area contributed by atoms with E-state index in [1.165, 1.54) is 9.81 Å². The Morgan fingerprint density at radius 3 is 1.14 bits per heavy atom. The van der Waals surface area contributed by atoms with Gasteiger partial charge in [0.05, 0.1) is 0 Å². The number of thioether (sulfide) groups is 2. The van der Waals surface area contributed by atoms with E-state index in [0.29, 0.717) is 0 Å². The Kier molecular flexibility index (Phi) is 3.48. The standard InChI is InChI=1S/C12H20S2/c1-11(2,3)9-7-14-10(8-13-9)12(4,5)6/h7-8H,1-6H3. The monoisotopic (exact) mass is 228 g/mol. The molecule has 14 heavy (non-hydrogen) atoms. The van der Waals surface area contributed by atoms with Gasteiger partial charge in [-0.3, -0.25) is 0 Å². The lowest BCUT2D eigenvalue weighted by atomic mass is 9.96. The van der Waals surface area contributed by atoms with Crippen LogP contribution in [0.25, 0.3) is 0 Å². The molecule has 0 radical (unpaired) electrons. The molecule has 0 nitrogen and oxygen atoms in total. The second-order valence-electron chi connectivity index (χ2n) is 5.70. The molecule has 0 aliphatic carbocycles. The summed E-state index contributed by atoms with van der Waals surface area (Å²) in [5.41, 5.74) is 0.579. The predicted octanol–water partition coefficient (Wildman–Crippen LogP) is 5.24. The first-order valence-electron chi connectivity index (χ1n) is 4.96. The first kappa shape index (κ1) is 12.3. The number of hydrogen-bond donors (Lipinski definition) is 0. The van der Waals surface area contributed by atoms with E-state index < -0.39 is 0 Å². The lowest BCUT2D eigenvalue weighted by Gasteiger charge is -2.28. The number of rotatable bonds is 0. The van der Waals surface area contributed by atoms with Gasteiger partial charge in [-0.15, -0.1) is 23.5 Å². The smallest absolute Gasteiger partial charge is 0.00119 e. The first-order valence-corrected chi connectivity index (χ1v) is 6.72. The Morgan fingerprint density at radius 2 is 1.00 bits per heavy atom. The van der Waals surface area contributed by atoms with Gasteiger partial charge in [-0.25, -0.2) is 0 Å². The summed E-state index contributed by atoms with van der Waals surface area (Å²) in [5.74, 6) is 0. The van der Waals surface area contributed by atoms with Crippen LogP contribution in [0, 0.1) is 10.8 Å². The minimum absolute atomic E-state index is 0.289. The Balaban J connectivity index is 2.72. The van der Waals surface area contributed by atoms with Crippen LogP contribution < -0.4 is 0 Å². The van der Waals surface area contributed by atoms with Gasteiger partial charge in [-0.2, -0.15) is 0 Å². The lowest BCUT2D eigenvalue weighted by molar-refractivity contribution is 0.529. The zero-order valence-corrected chi connectivity index (χ0v) is 11.6. The van der Waals surface area contributed by atoms with Gasteiger partial charge >= 0.3 is 0 Å². The Morgan fingerprint density at radius 1 is 0.714 bits per heavy atom. The van der Waals surface area contributed by atoms with Crippen molar-refractivity contribution in [2.24, 2.45) is 10.8 Å². The van der Waals surface area contributed by atoms with Gasteiger partial charge in [-0.1, -0.05) is 41.5 Å². The molecule has 0 bridgehead atoms. The van der Waals surface area contributed by atoms with Gasteiger partial charge in [-0.05, 0) is 21.6 Å². The molecule has 0 amide bonds.